The maximum absolute atomic E-state index is 12.7. The topological polar surface area (TPSA) is 60.5 Å². The first-order valence-corrected chi connectivity index (χ1v) is 6.10. The van der Waals surface area contributed by atoms with Crippen molar-refractivity contribution in [3.8, 4) is 5.75 Å². The first-order valence-electron chi connectivity index (χ1n) is 6.10. The van der Waals surface area contributed by atoms with Gasteiger partial charge in [-0.05, 0) is 20.8 Å². The van der Waals surface area contributed by atoms with Gasteiger partial charge >= 0.3 is 12.3 Å². The largest absolute Gasteiger partial charge is 0.497 e. The van der Waals surface area contributed by atoms with E-state index in [-0.39, 0.29) is 18.0 Å². The fourth-order valence-electron chi connectivity index (χ4n) is 1.39. The zero-order chi connectivity index (χ0) is 16.3. The summed E-state index contributed by atoms with van der Waals surface area (Å²) in [6.45, 7) is 4.84. The molecule has 1 rings (SSSR count). The summed E-state index contributed by atoms with van der Waals surface area (Å²) in [4.78, 5) is 14.9. The molecule has 0 aliphatic rings. The van der Waals surface area contributed by atoms with Gasteiger partial charge in [-0.15, -0.1) is 0 Å². The number of halogens is 3. The van der Waals surface area contributed by atoms with Gasteiger partial charge in [0, 0.05) is 12.1 Å². The SMILES string of the molecule is COc1cc(CNC(=O)OC(C)(C)C)nc(C(F)(F)F)c1. The molecule has 0 unspecified atom stereocenters. The van der Waals surface area contributed by atoms with E-state index in [0.717, 1.165) is 6.07 Å². The van der Waals surface area contributed by atoms with Crippen LogP contribution in [0.5, 0.6) is 5.75 Å². The van der Waals surface area contributed by atoms with Crippen LogP contribution in [0, 0.1) is 0 Å². The Kier molecular flexibility index (Phi) is 5.03. The summed E-state index contributed by atoms with van der Waals surface area (Å²) in [5.74, 6) is 0.0123. The van der Waals surface area contributed by atoms with E-state index in [4.69, 9.17) is 9.47 Å². The molecule has 0 spiro atoms. The lowest BCUT2D eigenvalue weighted by atomic mass is 10.2. The molecule has 0 aliphatic carbocycles. The van der Waals surface area contributed by atoms with Crippen molar-refractivity contribution in [1.82, 2.24) is 10.3 Å². The summed E-state index contributed by atoms with van der Waals surface area (Å²) in [7, 11) is 1.25. The molecule has 1 heterocycles. The van der Waals surface area contributed by atoms with Crippen LogP contribution < -0.4 is 10.1 Å². The van der Waals surface area contributed by atoms with Crippen molar-refractivity contribution in [1.29, 1.82) is 0 Å². The quantitative estimate of drug-likeness (QED) is 0.932. The normalized spacial score (nSPS) is 12.0. The molecule has 0 bridgehead atoms. The van der Waals surface area contributed by atoms with Crippen molar-refractivity contribution in [3.63, 3.8) is 0 Å². The van der Waals surface area contributed by atoms with E-state index in [1.54, 1.807) is 20.8 Å². The lowest BCUT2D eigenvalue weighted by Crippen LogP contribution is -2.32. The Morgan fingerprint density at radius 2 is 1.90 bits per heavy atom. The van der Waals surface area contributed by atoms with Crippen molar-refractivity contribution in [3.05, 3.63) is 23.5 Å². The number of pyridine rings is 1. The van der Waals surface area contributed by atoms with Crippen molar-refractivity contribution in [2.24, 2.45) is 0 Å². The average Bonchev–Trinajstić information content (AvgIpc) is 2.33. The minimum atomic E-state index is -4.59. The molecule has 1 aromatic rings. The number of rotatable bonds is 3. The van der Waals surface area contributed by atoms with Crippen LogP contribution in [0.3, 0.4) is 0 Å². The second-order valence-electron chi connectivity index (χ2n) is 5.24. The number of nitrogens with one attached hydrogen (secondary N) is 1. The zero-order valence-electron chi connectivity index (χ0n) is 12.2. The van der Waals surface area contributed by atoms with Crippen molar-refractivity contribution in [2.75, 3.05) is 7.11 Å². The van der Waals surface area contributed by atoms with E-state index in [1.807, 2.05) is 0 Å². The van der Waals surface area contributed by atoms with Crippen molar-refractivity contribution >= 4 is 6.09 Å². The third-order valence-electron chi connectivity index (χ3n) is 2.19. The highest BCUT2D eigenvalue weighted by molar-refractivity contribution is 5.67. The Balaban J connectivity index is 2.82. The lowest BCUT2D eigenvalue weighted by Gasteiger charge is -2.19. The standard InChI is InChI=1S/C13H17F3N2O3/c1-12(2,3)21-11(19)17-7-8-5-9(20-4)6-10(18-8)13(14,15)16/h5-6H,7H2,1-4H3,(H,17,19). The molecule has 0 aliphatic heterocycles. The summed E-state index contributed by atoms with van der Waals surface area (Å²) < 4.78 is 47.8. The minimum absolute atomic E-state index is 0.0123. The third kappa shape index (κ3) is 5.88. The molecule has 0 aromatic carbocycles. The molecule has 1 aromatic heterocycles. The Morgan fingerprint density at radius 1 is 1.29 bits per heavy atom. The molecular weight excluding hydrogens is 289 g/mol. The summed E-state index contributed by atoms with van der Waals surface area (Å²) in [6, 6.07) is 2.10. The summed E-state index contributed by atoms with van der Waals surface area (Å²) in [5.41, 5.74) is -1.75. The van der Waals surface area contributed by atoms with Gasteiger partial charge in [0.1, 0.15) is 17.0 Å². The summed E-state index contributed by atoms with van der Waals surface area (Å²) >= 11 is 0. The highest BCUT2D eigenvalue weighted by atomic mass is 19.4. The fraction of sp³-hybridized carbons (Fsp3) is 0.538. The number of carbonyl (C=O) groups excluding carboxylic acids is 1. The molecule has 0 saturated heterocycles. The molecule has 21 heavy (non-hydrogen) atoms. The maximum Gasteiger partial charge on any atom is 0.433 e. The number of carbonyl (C=O) groups is 1. The number of amides is 1. The van der Waals surface area contributed by atoms with Crippen LogP contribution in [0.4, 0.5) is 18.0 Å². The lowest BCUT2D eigenvalue weighted by molar-refractivity contribution is -0.141. The Bertz CT molecular complexity index is 510. The van der Waals surface area contributed by atoms with Crippen LogP contribution in [0.1, 0.15) is 32.2 Å². The van der Waals surface area contributed by atoms with E-state index >= 15 is 0 Å². The number of alkyl carbamates (subject to hydrolysis) is 1. The van der Waals surface area contributed by atoms with Gasteiger partial charge in [-0.1, -0.05) is 0 Å². The maximum atomic E-state index is 12.7. The third-order valence-corrected chi connectivity index (χ3v) is 2.19. The minimum Gasteiger partial charge on any atom is -0.497 e. The van der Waals surface area contributed by atoms with Crippen LogP contribution in [0.25, 0.3) is 0 Å². The molecule has 0 atom stereocenters. The molecule has 0 radical (unpaired) electrons. The van der Waals surface area contributed by atoms with E-state index in [2.05, 4.69) is 10.3 Å². The van der Waals surface area contributed by atoms with Gasteiger partial charge in [0.05, 0.1) is 19.3 Å². The number of alkyl halides is 3. The fourth-order valence-corrected chi connectivity index (χ4v) is 1.39. The number of hydrogen-bond acceptors (Lipinski definition) is 4. The molecule has 118 valence electrons. The molecule has 1 N–H and O–H groups in total. The number of methoxy groups -OCH3 is 1. The Labute approximate surface area is 120 Å². The van der Waals surface area contributed by atoms with Gasteiger partial charge in [-0.3, -0.25) is 0 Å². The van der Waals surface area contributed by atoms with Crippen molar-refractivity contribution in [2.45, 2.75) is 39.1 Å². The van der Waals surface area contributed by atoms with Gasteiger partial charge < -0.3 is 14.8 Å². The van der Waals surface area contributed by atoms with Gasteiger partial charge in [-0.2, -0.15) is 13.2 Å². The van der Waals surface area contributed by atoms with Gasteiger partial charge in [-0.25, -0.2) is 9.78 Å². The van der Waals surface area contributed by atoms with Crippen LogP contribution in [0.2, 0.25) is 0 Å². The number of hydrogen-bond donors (Lipinski definition) is 1. The molecule has 8 heteroatoms. The second kappa shape index (κ2) is 6.19. The van der Waals surface area contributed by atoms with Crippen LogP contribution in [0.15, 0.2) is 12.1 Å². The number of ether oxygens (including phenoxy) is 2. The summed E-state index contributed by atoms with van der Waals surface area (Å²) in [6.07, 6.45) is -5.32. The van der Waals surface area contributed by atoms with E-state index in [0.29, 0.717) is 0 Å². The Hall–Kier alpha value is -1.99. The molecule has 0 fully saturated rings. The summed E-state index contributed by atoms with van der Waals surface area (Å²) in [5, 5.41) is 2.34. The number of nitrogens with zero attached hydrogens (tertiary/aromatic N) is 1. The van der Waals surface area contributed by atoms with Crippen molar-refractivity contribution < 1.29 is 27.4 Å². The first kappa shape index (κ1) is 17.1. The second-order valence-corrected chi connectivity index (χ2v) is 5.24. The molecular formula is C13H17F3N2O3. The smallest absolute Gasteiger partial charge is 0.433 e. The van der Waals surface area contributed by atoms with E-state index < -0.39 is 23.6 Å². The predicted octanol–water partition coefficient (Wildman–Crippen LogP) is 3.13. The predicted molar refractivity (Wildman–Crippen MR) is 68.9 cm³/mol. The zero-order valence-corrected chi connectivity index (χ0v) is 12.2. The highest BCUT2D eigenvalue weighted by Gasteiger charge is 2.33. The van der Waals surface area contributed by atoms with E-state index in [1.165, 1.54) is 13.2 Å². The highest BCUT2D eigenvalue weighted by Crippen LogP contribution is 2.30. The molecule has 5 nitrogen and oxygen atoms in total. The Morgan fingerprint density at radius 3 is 2.38 bits per heavy atom. The monoisotopic (exact) mass is 306 g/mol. The number of aromatic nitrogens is 1. The van der Waals surface area contributed by atoms with Crippen LogP contribution in [-0.4, -0.2) is 23.8 Å². The van der Waals surface area contributed by atoms with Crippen LogP contribution in [-0.2, 0) is 17.5 Å². The van der Waals surface area contributed by atoms with Crippen LogP contribution >= 0.6 is 0 Å². The van der Waals surface area contributed by atoms with Gasteiger partial charge in [0.2, 0.25) is 0 Å². The van der Waals surface area contributed by atoms with Gasteiger partial charge in [0.15, 0.2) is 0 Å². The van der Waals surface area contributed by atoms with Gasteiger partial charge in [0.25, 0.3) is 0 Å². The van der Waals surface area contributed by atoms with E-state index in [9.17, 15) is 18.0 Å². The molecule has 1 amide bonds. The molecule has 0 saturated carbocycles. The average molecular weight is 306 g/mol. The first-order chi connectivity index (χ1) is 9.51.